The van der Waals surface area contributed by atoms with Crippen molar-refractivity contribution in [3.8, 4) is 0 Å². The minimum atomic E-state index is -3.74. The van der Waals surface area contributed by atoms with Crippen molar-refractivity contribution in [1.82, 2.24) is 10.2 Å². The van der Waals surface area contributed by atoms with Crippen LogP contribution in [0.4, 0.5) is 5.69 Å². The Labute approximate surface area is 200 Å². The van der Waals surface area contributed by atoms with E-state index in [9.17, 15) is 13.2 Å². The average molecular weight is 480 g/mol. The number of carbonyl (C=O) groups excluding carboxylic acids is 1. The molecule has 1 saturated heterocycles. The van der Waals surface area contributed by atoms with E-state index in [1.807, 2.05) is 12.1 Å². The molecule has 1 aliphatic heterocycles. The first kappa shape index (κ1) is 23.9. The molecule has 0 bridgehead atoms. The number of rotatable bonds is 8. The van der Waals surface area contributed by atoms with Gasteiger partial charge in [-0.15, -0.1) is 0 Å². The normalized spacial score (nSPS) is 14.5. The number of hydrogen-bond donors (Lipinski definition) is 2. The third kappa shape index (κ3) is 6.22. The van der Waals surface area contributed by atoms with Gasteiger partial charge in [-0.05, 0) is 47.9 Å². The van der Waals surface area contributed by atoms with Crippen LogP contribution in [0.5, 0.6) is 0 Å². The van der Waals surface area contributed by atoms with Gasteiger partial charge in [0.1, 0.15) is 0 Å². The quantitative estimate of drug-likeness (QED) is 0.516. The molecule has 1 aliphatic rings. The standard InChI is InChI=1S/C26H29N3O4S/c1-20-10-11-23(17-25(20)28-34(31,32)24-8-3-2-4-9-24)26(30)27-18-21-6-5-7-22(16-21)19-29-12-14-33-15-13-29/h2-11,16-17,28H,12-15,18-19H2,1H3,(H,27,30). The SMILES string of the molecule is Cc1ccc(C(=O)NCc2cccc(CN3CCOCC3)c2)cc1NS(=O)(=O)c1ccccc1. The van der Waals surface area contributed by atoms with Crippen LogP contribution in [0.1, 0.15) is 27.0 Å². The van der Waals surface area contributed by atoms with Crippen molar-refractivity contribution in [3.05, 3.63) is 95.1 Å². The molecule has 2 N–H and O–H groups in total. The van der Waals surface area contributed by atoms with E-state index in [2.05, 4.69) is 27.1 Å². The summed E-state index contributed by atoms with van der Waals surface area (Å²) in [6, 6.07) is 21.3. The fraction of sp³-hybridized carbons (Fsp3) is 0.269. The van der Waals surface area contributed by atoms with Crippen molar-refractivity contribution in [3.63, 3.8) is 0 Å². The van der Waals surface area contributed by atoms with Crippen LogP contribution in [0.2, 0.25) is 0 Å². The molecule has 7 nitrogen and oxygen atoms in total. The fourth-order valence-electron chi connectivity index (χ4n) is 3.82. The monoisotopic (exact) mass is 479 g/mol. The summed E-state index contributed by atoms with van der Waals surface area (Å²) in [5, 5.41) is 2.94. The largest absolute Gasteiger partial charge is 0.379 e. The lowest BCUT2D eigenvalue weighted by Crippen LogP contribution is -2.35. The van der Waals surface area contributed by atoms with Gasteiger partial charge in [-0.2, -0.15) is 0 Å². The molecule has 178 valence electrons. The Morgan fingerprint density at radius 1 is 0.941 bits per heavy atom. The molecule has 0 unspecified atom stereocenters. The average Bonchev–Trinajstić information content (AvgIpc) is 2.85. The van der Waals surface area contributed by atoms with E-state index in [0.29, 0.717) is 17.8 Å². The first-order valence-electron chi connectivity index (χ1n) is 11.3. The topological polar surface area (TPSA) is 87.7 Å². The van der Waals surface area contributed by atoms with Gasteiger partial charge in [0.15, 0.2) is 0 Å². The summed E-state index contributed by atoms with van der Waals surface area (Å²) < 4.78 is 33.4. The predicted octanol–water partition coefficient (Wildman–Crippen LogP) is 3.56. The maximum Gasteiger partial charge on any atom is 0.261 e. The zero-order valence-corrected chi connectivity index (χ0v) is 20.0. The zero-order valence-electron chi connectivity index (χ0n) is 19.2. The van der Waals surface area contributed by atoms with Gasteiger partial charge in [0.25, 0.3) is 15.9 Å². The number of morpholine rings is 1. The second-order valence-corrected chi connectivity index (χ2v) is 10.0. The third-order valence-corrected chi connectivity index (χ3v) is 7.13. The Bertz CT molecular complexity index is 1240. The van der Waals surface area contributed by atoms with Crippen LogP contribution in [0, 0.1) is 6.92 Å². The van der Waals surface area contributed by atoms with Crippen LogP contribution in [-0.2, 0) is 27.8 Å². The maximum atomic E-state index is 12.8. The molecule has 8 heteroatoms. The highest BCUT2D eigenvalue weighted by atomic mass is 32.2. The van der Waals surface area contributed by atoms with Crippen molar-refractivity contribution in [2.45, 2.75) is 24.9 Å². The molecule has 4 rings (SSSR count). The molecule has 1 heterocycles. The Balaban J connectivity index is 1.40. The molecule has 0 aliphatic carbocycles. The summed E-state index contributed by atoms with van der Waals surface area (Å²) in [6.45, 7) is 6.40. The molecule has 0 radical (unpaired) electrons. The van der Waals surface area contributed by atoms with Gasteiger partial charge in [0.05, 0.1) is 23.8 Å². The number of nitrogens with one attached hydrogen (secondary N) is 2. The van der Waals surface area contributed by atoms with Gasteiger partial charge in [-0.25, -0.2) is 8.42 Å². The van der Waals surface area contributed by atoms with Gasteiger partial charge < -0.3 is 10.1 Å². The van der Waals surface area contributed by atoms with Crippen LogP contribution in [0.3, 0.4) is 0 Å². The second-order valence-electron chi connectivity index (χ2n) is 8.34. The number of ether oxygens (including phenoxy) is 1. The fourth-order valence-corrected chi connectivity index (χ4v) is 4.96. The summed E-state index contributed by atoms with van der Waals surface area (Å²) in [4.78, 5) is 15.3. The van der Waals surface area contributed by atoms with E-state index in [1.54, 1.807) is 43.3 Å². The predicted molar refractivity (Wildman–Crippen MR) is 132 cm³/mol. The summed E-state index contributed by atoms with van der Waals surface area (Å²) in [5.74, 6) is -0.265. The van der Waals surface area contributed by atoms with Crippen molar-refractivity contribution < 1.29 is 17.9 Å². The van der Waals surface area contributed by atoms with Gasteiger partial charge >= 0.3 is 0 Å². The lowest BCUT2D eigenvalue weighted by atomic mass is 10.1. The Morgan fingerprint density at radius 2 is 1.68 bits per heavy atom. The van der Waals surface area contributed by atoms with E-state index < -0.39 is 10.0 Å². The minimum absolute atomic E-state index is 0.168. The smallest absolute Gasteiger partial charge is 0.261 e. The van der Waals surface area contributed by atoms with Gasteiger partial charge in [-0.3, -0.25) is 14.4 Å². The lowest BCUT2D eigenvalue weighted by Gasteiger charge is -2.26. The molecular weight excluding hydrogens is 450 g/mol. The first-order chi connectivity index (χ1) is 16.4. The Hall–Kier alpha value is -3.20. The molecule has 1 fully saturated rings. The lowest BCUT2D eigenvalue weighted by molar-refractivity contribution is 0.0342. The molecule has 3 aromatic rings. The van der Waals surface area contributed by atoms with Gasteiger partial charge in [0, 0.05) is 31.7 Å². The Kier molecular flexibility index (Phi) is 7.62. The third-order valence-electron chi connectivity index (χ3n) is 5.75. The van der Waals surface area contributed by atoms with Crippen LogP contribution >= 0.6 is 0 Å². The highest BCUT2D eigenvalue weighted by Crippen LogP contribution is 2.21. The van der Waals surface area contributed by atoms with Crippen molar-refractivity contribution >= 4 is 21.6 Å². The number of hydrogen-bond acceptors (Lipinski definition) is 5. The highest BCUT2D eigenvalue weighted by molar-refractivity contribution is 7.92. The minimum Gasteiger partial charge on any atom is -0.379 e. The highest BCUT2D eigenvalue weighted by Gasteiger charge is 2.16. The first-order valence-corrected chi connectivity index (χ1v) is 12.7. The zero-order chi connectivity index (χ0) is 24.0. The van der Waals surface area contributed by atoms with E-state index in [1.165, 1.54) is 17.7 Å². The number of nitrogens with zero attached hydrogens (tertiary/aromatic N) is 1. The maximum absolute atomic E-state index is 12.8. The Morgan fingerprint density at radius 3 is 2.44 bits per heavy atom. The molecule has 0 aromatic heterocycles. The van der Waals surface area contributed by atoms with Gasteiger partial charge in [-0.1, -0.05) is 48.5 Å². The van der Waals surface area contributed by atoms with E-state index in [0.717, 1.165) is 44.0 Å². The summed E-state index contributed by atoms with van der Waals surface area (Å²) in [6.07, 6.45) is 0. The number of amides is 1. The molecule has 0 spiro atoms. The van der Waals surface area contributed by atoms with Crippen LogP contribution in [0.15, 0.2) is 77.7 Å². The summed E-state index contributed by atoms with van der Waals surface area (Å²) in [5.41, 5.74) is 3.70. The molecule has 34 heavy (non-hydrogen) atoms. The number of aryl methyl sites for hydroxylation is 1. The van der Waals surface area contributed by atoms with Crippen LogP contribution in [0.25, 0.3) is 0 Å². The van der Waals surface area contributed by atoms with E-state index >= 15 is 0 Å². The van der Waals surface area contributed by atoms with Crippen LogP contribution < -0.4 is 10.0 Å². The summed E-state index contributed by atoms with van der Waals surface area (Å²) in [7, 11) is -3.74. The molecule has 1 amide bonds. The molecular formula is C26H29N3O4S. The number of sulfonamides is 1. The van der Waals surface area contributed by atoms with Crippen molar-refractivity contribution in [2.75, 3.05) is 31.0 Å². The molecule has 0 atom stereocenters. The summed E-state index contributed by atoms with van der Waals surface area (Å²) >= 11 is 0. The van der Waals surface area contributed by atoms with Crippen molar-refractivity contribution in [1.29, 1.82) is 0 Å². The second kappa shape index (κ2) is 10.8. The molecule has 3 aromatic carbocycles. The van der Waals surface area contributed by atoms with E-state index in [4.69, 9.17) is 4.74 Å². The van der Waals surface area contributed by atoms with Gasteiger partial charge in [0.2, 0.25) is 0 Å². The van der Waals surface area contributed by atoms with Crippen molar-refractivity contribution in [2.24, 2.45) is 0 Å². The number of carbonyl (C=O) groups is 1. The van der Waals surface area contributed by atoms with Crippen LogP contribution in [-0.4, -0.2) is 45.5 Å². The van der Waals surface area contributed by atoms with E-state index in [-0.39, 0.29) is 10.8 Å². The number of benzene rings is 3. The molecule has 0 saturated carbocycles. The number of anilines is 1.